The van der Waals surface area contributed by atoms with E-state index in [1.807, 2.05) is 27.7 Å². The largest absolute Gasteiger partial charge is 0.487 e. The van der Waals surface area contributed by atoms with Crippen molar-refractivity contribution < 1.29 is 51.0 Å². The second kappa shape index (κ2) is 24.2. The maximum atomic E-state index is 13.3. The third-order valence-electron chi connectivity index (χ3n) is 9.08. The Hall–Kier alpha value is -6.38. The summed E-state index contributed by atoms with van der Waals surface area (Å²) in [5.41, 5.74) is 5.68. The molecule has 6 rings (SSSR count). The first-order valence-electron chi connectivity index (χ1n) is 21.4. The number of pyridine rings is 2. The minimum atomic E-state index is -3.67. The van der Waals surface area contributed by atoms with Gasteiger partial charge in [-0.3, -0.25) is 33.8 Å². The molecule has 2 aliphatic heterocycles. The number of fused-ring (bicyclic) bond motifs is 4. The predicted molar refractivity (Wildman–Crippen MR) is 237 cm³/mol. The van der Waals surface area contributed by atoms with E-state index in [1.165, 1.54) is 24.5 Å². The molecular formula is C40H60N12O13S. The number of carbonyl (C=O) groups excluding carboxylic acids is 3. The van der Waals surface area contributed by atoms with Crippen LogP contribution in [-0.4, -0.2) is 126 Å². The molecule has 2 aliphatic rings. The van der Waals surface area contributed by atoms with Gasteiger partial charge in [0, 0.05) is 50.8 Å². The van der Waals surface area contributed by atoms with E-state index in [2.05, 4.69) is 36.8 Å². The van der Waals surface area contributed by atoms with Crippen molar-refractivity contribution in [3.63, 3.8) is 0 Å². The van der Waals surface area contributed by atoms with Gasteiger partial charge in [-0.05, 0) is 47.5 Å². The molecule has 25 nitrogen and oxygen atoms in total. The first kappa shape index (κ1) is 52.2. The van der Waals surface area contributed by atoms with Crippen LogP contribution in [0.4, 0.5) is 4.79 Å². The molecule has 0 aliphatic carbocycles. The Labute approximate surface area is 381 Å². The quantitative estimate of drug-likeness (QED) is 0.0633. The molecule has 4 aromatic rings. The van der Waals surface area contributed by atoms with Gasteiger partial charge in [0.05, 0.1) is 45.0 Å². The maximum absolute atomic E-state index is 13.3. The third-order valence-corrected chi connectivity index (χ3v) is 9.08. The summed E-state index contributed by atoms with van der Waals surface area (Å²) in [5, 5.41) is 18.6. The molecular weight excluding hydrogens is 889 g/mol. The summed E-state index contributed by atoms with van der Waals surface area (Å²) >= 11 is 0. The second-order valence-electron chi connectivity index (χ2n) is 15.5. The number of ether oxygens (including phenoxy) is 5. The Morgan fingerprint density at radius 1 is 0.909 bits per heavy atom. The molecule has 1 unspecified atom stereocenters. The topological polar surface area (TPSA) is 296 Å². The molecule has 0 radical (unpaired) electrons. The molecule has 0 saturated heterocycles. The summed E-state index contributed by atoms with van der Waals surface area (Å²) < 4.78 is 59.7. The van der Waals surface area contributed by atoms with Gasteiger partial charge in [-0.2, -0.15) is 8.42 Å². The Bertz CT molecular complexity index is 2470. The summed E-state index contributed by atoms with van der Waals surface area (Å²) in [4.78, 5) is 65.1. The van der Waals surface area contributed by atoms with E-state index < -0.39 is 39.4 Å². The lowest BCUT2D eigenvalue weighted by molar-refractivity contribution is -0.144. The SMILES string of the molecule is CCCCOc1c(C(=O)NCCn2nncc2C(OCC)OCC)n(NC(=O)OC(C)(C)C)ccc1=O.CCCCOc1c2n(ccc1=O)NC1c3cnnn3CCN1C2=O.CS(=O)(=O)O. The van der Waals surface area contributed by atoms with Crippen molar-refractivity contribution in [2.75, 3.05) is 56.6 Å². The van der Waals surface area contributed by atoms with Crippen LogP contribution in [-0.2, 0) is 37.4 Å². The average Bonchev–Trinajstić information content (AvgIpc) is 3.92. The minimum Gasteiger partial charge on any atom is -0.487 e. The van der Waals surface area contributed by atoms with Crippen LogP contribution in [0, 0.1) is 0 Å². The van der Waals surface area contributed by atoms with Crippen LogP contribution >= 0.6 is 0 Å². The minimum absolute atomic E-state index is 0.110. The molecule has 0 saturated carbocycles. The first-order chi connectivity index (χ1) is 31.3. The number of unbranched alkanes of at least 4 members (excludes halogenated alkanes) is 2. The number of hydrogen-bond donors (Lipinski definition) is 4. The average molecular weight is 949 g/mol. The van der Waals surface area contributed by atoms with Gasteiger partial charge in [0.25, 0.3) is 21.9 Å². The molecule has 0 fully saturated rings. The number of nitrogens with one attached hydrogen (secondary N) is 3. The van der Waals surface area contributed by atoms with Gasteiger partial charge in [0.2, 0.25) is 17.1 Å². The van der Waals surface area contributed by atoms with Crippen LogP contribution in [0.5, 0.6) is 11.5 Å². The molecule has 4 N–H and O–H groups in total. The van der Waals surface area contributed by atoms with Crippen LogP contribution in [0.15, 0.2) is 46.5 Å². The van der Waals surface area contributed by atoms with Gasteiger partial charge < -0.3 is 33.9 Å². The van der Waals surface area contributed by atoms with Crippen LogP contribution in [0.2, 0.25) is 0 Å². The number of hydrogen-bond acceptors (Lipinski definition) is 17. The Balaban J connectivity index is 0.000000279. The summed E-state index contributed by atoms with van der Waals surface area (Å²) in [6.45, 7) is 15.8. The summed E-state index contributed by atoms with van der Waals surface area (Å²) in [7, 11) is -3.67. The molecule has 0 aromatic carbocycles. The lowest BCUT2D eigenvalue weighted by Crippen LogP contribution is -2.52. The Morgan fingerprint density at radius 2 is 1.52 bits per heavy atom. The molecule has 1 atom stereocenters. The molecule has 0 spiro atoms. The predicted octanol–water partition coefficient (Wildman–Crippen LogP) is 2.43. The fourth-order valence-electron chi connectivity index (χ4n) is 6.23. The smallest absolute Gasteiger partial charge is 0.426 e. The molecule has 6 heterocycles. The van der Waals surface area contributed by atoms with Gasteiger partial charge in [-0.1, -0.05) is 37.1 Å². The van der Waals surface area contributed by atoms with Crippen molar-refractivity contribution in [3.8, 4) is 11.5 Å². The van der Waals surface area contributed by atoms with Crippen molar-refractivity contribution in [3.05, 3.63) is 80.1 Å². The van der Waals surface area contributed by atoms with Crippen LogP contribution in [0.3, 0.4) is 0 Å². The van der Waals surface area contributed by atoms with E-state index in [0.29, 0.717) is 51.3 Å². The van der Waals surface area contributed by atoms with Gasteiger partial charge in [0.1, 0.15) is 17.0 Å². The van der Waals surface area contributed by atoms with E-state index in [0.717, 1.165) is 29.6 Å². The van der Waals surface area contributed by atoms with E-state index in [1.54, 1.807) is 52.1 Å². The monoisotopic (exact) mass is 948 g/mol. The standard InChI is InChI=1S/C24H38N6O7.C15H18N6O3.CH4O3S/c1-7-10-15-36-20-18(31)11-13-30(27-23(33)37-24(4,5)6)19(20)21(32)25-12-14-29-17(16-26-28-29)22(34-8-2)35-9-3;1-2-3-8-24-13-11(22)4-5-21-12(13)15(23)19-6-7-20-10(9-16-18-20)14(19)17-21;1-5(2,3)4/h11,13,16,22H,7-10,12,14-15H2,1-6H3,(H,25,32)(H,27,33);4-5,9,14,17H,2-3,6-8H2,1H3;1H3,(H,2,3,4). The molecule has 26 heteroatoms. The zero-order valence-electron chi connectivity index (χ0n) is 38.4. The zero-order chi connectivity index (χ0) is 48.6. The highest BCUT2D eigenvalue weighted by Gasteiger charge is 2.40. The highest BCUT2D eigenvalue weighted by Crippen LogP contribution is 2.31. The van der Waals surface area contributed by atoms with Gasteiger partial charge in [-0.25, -0.2) is 24.3 Å². The Kier molecular flexibility index (Phi) is 19.2. The van der Waals surface area contributed by atoms with Crippen molar-refractivity contribution in [1.82, 2.24) is 49.6 Å². The van der Waals surface area contributed by atoms with Crippen LogP contribution in [0.25, 0.3) is 0 Å². The number of aromatic nitrogens is 8. The highest BCUT2D eigenvalue weighted by atomic mass is 32.2. The van der Waals surface area contributed by atoms with Crippen molar-refractivity contribution in [2.24, 2.45) is 0 Å². The number of nitrogens with zero attached hydrogens (tertiary/aromatic N) is 9. The molecule has 3 amide bonds. The normalized spacial score (nSPS) is 14.0. The Morgan fingerprint density at radius 3 is 2.14 bits per heavy atom. The van der Waals surface area contributed by atoms with Gasteiger partial charge in [0.15, 0.2) is 29.1 Å². The van der Waals surface area contributed by atoms with Gasteiger partial charge in [-0.15, -0.1) is 10.2 Å². The van der Waals surface area contributed by atoms with Gasteiger partial charge >= 0.3 is 6.09 Å². The van der Waals surface area contributed by atoms with E-state index in [9.17, 15) is 32.4 Å². The van der Waals surface area contributed by atoms with Crippen LogP contribution < -0.4 is 36.5 Å². The maximum Gasteiger partial charge on any atom is 0.426 e. The highest BCUT2D eigenvalue weighted by molar-refractivity contribution is 7.85. The number of rotatable bonds is 18. The molecule has 4 aromatic heterocycles. The summed E-state index contributed by atoms with van der Waals surface area (Å²) in [5.74, 6) is -0.915. The van der Waals surface area contributed by atoms with Crippen molar-refractivity contribution in [1.29, 1.82) is 0 Å². The summed E-state index contributed by atoms with van der Waals surface area (Å²) in [6.07, 6.45) is 8.23. The van der Waals surface area contributed by atoms with E-state index >= 15 is 0 Å². The van der Waals surface area contributed by atoms with E-state index in [-0.39, 0.29) is 60.1 Å². The van der Waals surface area contributed by atoms with Crippen molar-refractivity contribution >= 4 is 28.0 Å². The molecule has 66 heavy (non-hydrogen) atoms. The van der Waals surface area contributed by atoms with Crippen molar-refractivity contribution in [2.45, 2.75) is 105 Å². The lowest BCUT2D eigenvalue weighted by atomic mass is 10.1. The molecule has 364 valence electrons. The fourth-order valence-corrected chi connectivity index (χ4v) is 6.23. The van der Waals surface area contributed by atoms with Crippen LogP contribution in [0.1, 0.15) is 119 Å². The molecule has 0 bridgehead atoms. The first-order valence-corrected chi connectivity index (χ1v) is 23.2. The number of carbonyl (C=O) groups is 3. The fraction of sp³-hybridized carbons (Fsp3) is 0.575. The third kappa shape index (κ3) is 14.8. The zero-order valence-corrected chi connectivity index (χ0v) is 39.2. The lowest BCUT2D eigenvalue weighted by Gasteiger charge is -2.41. The van der Waals surface area contributed by atoms with E-state index in [4.69, 9.17) is 28.2 Å². The number of amides is 3. The second-order valence-corrected chi connectivity index (χ2v) is 17.0. The summed E-state index contributed by atoms with van der Waals surface area (Å²) in [6, 6.07) is 2.61.